The lowest BCUT2D eigenvalue weighted by Crippen LogP contribution is -2.50. The van der Waals surface area contributed by atoms with Crippen LogP contribution in [0, 0.1) is 0 Å². The molecule has 0 heterocycles. The van der Waals surface area contributed by atoms with Crippen LogP contribution in [0.5, 0.6) is 0 Å². The van der Waals surface area contributed by atoms with Crippen LogP contribution in [-0.4, -0.2) is 44.8 Å². The third-order valence-corrected chi connectivity index (χ3v) is 7.34. The number of benzene rings is 3. The van der Waals surface area contributed by atoms with Gasteiger partial charge in [0.15, 0.2) is 0 Å². The molecule has 2 amide bonds. The maximum Gasteiger partial charge on any atom is 0.264 e. The van der Waals surface area contributed by atoms with E-state index in [1.54, 1.807) is 43.3 Å². The molecule has 0 saturated heterocycles. The lowest BCUT2D eigenvalue weighted by atomic mass is 10.1. The smallest absolute Gasteiger partial charge is 0.264 e. The first-order valence-electron chi connectivity index (χ1n) is 10.6. The van der Waals surface area contributed by atoms with Crippen molar-refractivity contribution in [2.24, 2.45) is 0 Å². The number of likely N-dealkylation sites (N-methyl/N-ethyl adjacent to an activating group) is 1. The highest BCUT2D eigenvalue weighted by Gasteiger charge is 2.32. The number of carbonyl (C=O) groups is 2. The number of rotatable bonds is 9. The van der Waals surface area contributed by atoms with Crippen LogP contribution in [0.2, 0.25) is 5.02 Å². The fourth-order valence-corrected chi connectivity index (χ4v) is 5.06. The summed E-state index contributed by atoms with van der Waals surface area (Å²) in [7, 11) is -2.61. The predicted octanol–water partition coefficient (Wildman–Crippen LogP) is 3.70. The van der Waals surface area contributed by atoms with Crippen molar-refractivity contribution in [2.45, 2.75) is 24.4 Å². The van der Waals surface area contributed by atoms with Gasteiger partial charge in [-0.15, -0.1) is 0 Å². The zero-order valence-electron chi connectivity index (χ0n) is 18.9. The molecular weight excluding hydrogens is 474 g/mol. The van der Waals surface area contributed by atoms with E-state index < -0.39 is 28.5 Å². The lowest BCUT2D eigenvalue weighted by molar-refractivity contribution is -0.139. The van der Waals surface area contributed by atoms with Gasteiger partial charge in [0.1, 0.15) is 12.6 Å². The number of anilines is 1. The molecule has 3 aromatic carbocycles. The van der Waals surface area contributed by atoms with Gasteiger partial charge in [-0.25, -0.2) is 8.42 Å². The van der Waals surface area contributed by atoms with Crippen molar-refractivity contribution in [1.29, 1.82) is 0 Å². The minimum Gasteiger partial charge on any atom is -0.357 e. The molecule has 0 aliphatic heterocycles. The molecule has 7 nitrogen and oxygen atoms in total. The van der Waals surface area contributed by atoms with E-state index in [1.165, 1.54) is 30.1 Å². The van der Waals surface area contributed by atoms with Crippen LogP contribution in [0.3, 0.4) is 0 Å². The minimum absolute atomic E-state index is 0.0386. The Hall–Kier alpha value is -3.36. The molecule has 0 radical (unpaired) electrons. The lowest BCUT2D eigenvalue weighted by Gasteiger charge is -2.31. The highest BCUT2D eigenvalue weighted by Crippen LogP contribution is 2.26. The highest BCUT2D eigenvalue weighted by molar-refractivity contribution is 7.92. The van der Waals surface area contributed by atoms with Crippen molar-refractivity contribution >= 4 is 39.1 Å². The maximum atomic E-state index is 13.6. The van der Waals surface area contributed by atoms with Gasteiger partial charge in [0.2, 0.25) is 11.8 Å². The van der Waals surface area contributed by atoms with E-state index in [0.29, 0.717) is 5.02 Å². The van der Waals surface area contributed by atoms with Crippen LogP contribution in [-0.2, 0) is 26.2 Å². The van der Waals surface area contributed by atoms with Gasteiger partial charge < -0.3 is 10.2 Å². The monoisotopic (exact) mass is 499 g/mol. The van der Waals surface area contributed by atoms with E-state index in [-0.39, 0.29) is 23.0 Å². The number of hydrogen-bond donors (Lipinski definition) is 1. The topological polar surface area (TPSA) is 86.8 Å². The summed E-state index contributed by atoms with van der Waals surface area (Å²) in [6.45, 7) is 1.24. The number of sulfonamides is 1. The summed E-state index contributed by atoms with van der Waals surface area (Å²) in [4.78, 5) is 27.4. The molecule has 3 aromatic rings. The second kappa shape index (κ2) is 11.2. The van der Waals surface area contributed by atoms with Gasteiger partial charge in [-0.1, -0.05) is 66.2 Å². The van der Waals surface area contributed by atoms with Crippen molar-refractivity contribution in [2.75, 3.05) is 17.9 Å². The standard InChI is InChI=1S/C25H26ClN3O4S/c1-19(25(31)27-2)28(17-20-10-5-3-6-11-20)24(30)18-29(22-13-9-12-21(26)16-22)34(32,33)23-14-7-4-8-15-23/h3-16,19H,17-18H2,1-2H3,(H,27,31)/t19-/m0/s1. The quantitative estimate of drug-likeness (QED) is 0.486. The van der Waals surface area contributed by atoms with Gasteiger partial charge in [-0.2, -0.15) is 0 Å². The number of amides is 2. The Bertz CT molecular complexity index is 1240. The Morgan fingerprint density at radius 3 is 2.15 bits per heavy atom. The zero-order chi connectivity index (χ0) is 24.7. The molecule has 1 N–H and O–H groups in total. The number of hydrogen-bond acceptors (Lipinski definition) is 4. The Balaban J connectivity index is 2.01. The van der Waals surface area contributed by atoms with Crippen LogP contribution >= 0.6 is 11.6 Å². The molecule has 0 aliphatic carbocycles. The fourth-order valence-electron chi connectivity index (χ4n) is 3.45. The third kappa shape index (κ3) is 5.95. The SMILES string of the molecule is CNC(=O)[C@H](C)N(Cc1ccccc1)C(=O)CN(c1cccc(Cl)c1)S(=O)(=O)c1ccccc1. The van der Waals surface area contributed by atoms with E-state index in [4.69, 9.17) is 11.6 Å². The molecular formula is C25H26ClN3O4S. The Morgan fingerprint density at radius 2 is 1.56 bits per heavy atom. The van der Waals surface area contributed by atoms with Crippen molar-refractivity contribution in [3.63, 3.8) is 0 Å². The van der Waals surface area contributed by atoms with Gasteiger partial charge in [-0.3, -0.25) is 13.9 Å². The van der Waals surface area contributed by atoms with Gasteiger partial charge in [0, 0.05) is 18.6 Å². The molecule has 0 aromatic heterocycles. The van der Waals surface area contributed by atoms with Crippen molar-refractivity contribution in [3.05, 3.63) is 95.5 Å². The minimum atomic E-state index is -4.10. The molecule has 0 saturated carbocycles. The fraction of sp³-hybridized carbons (Fsp3) is 0.200. The van der Waals surface area contributed by atoms with E-state index in [0.717, 1.165) is 9.87 Å². The van der Waals surface area contributed by atoms with Crippen molar-refractivity contribution in [1.82, 2.24) is 10.2 Å². The van der Waals surface area contributed by atoms with Gasteiger partial charge >= 0.3 is 0 Å². The first-order chi connectivity index (χ1) is 16.2. The molecule has 34 heavy (non-hydrogen) atoms. The predicted molar refractivity (Wildman–Crippen MR) is 133 cm³/mol. The van der Waals surface area contributed by atoms with Crippen LogP contribution in [0.4, 0.5) is 5.69 Å². The number of nitrogens with one attached hydrogen (secondary N) is 1. The van der Waals surface area contributed by atoms with Gasteiger partial charge in [0.25, 0.3) is 10.0 Å². The molecule has 9 heteroatoms. The molecule has 1 atom stereocenters. The number of carbonyl (C=O) groups excluding carboxylic acids is 2. The molecule has 0 aliphatic rings. The van der Waals surface area contributed by atoms with Gasteiger partial charge in [0.05, 0.1) is 10.6 Å². The normalized spacial score (nSPS) is 12.0. The third-order valence-electron chi connectivity index (χ3n) is 5.32. The number of halogens is 1. The van der Waals surface area contributed by atoms with Crippen molar-refractivity contribution in [3.8, 4) is 0 Å². The molecule has 0 bridgehead atoms. The summed E-state index contributed by atoms with van der Waals surface area (Å²) < 4.78 is 28.1. The van der Waals surface area contributed by atoms with Crippen LogP contribution in [0.15, 0.2) is 89.8 Å². The summed E-state index contributed by atoms with van der Waals surface area (Å²) >= 11 is 6.13. The molecule has 0 fully saturated rings. The summed E-state index contributed by atoms with van der Waals surface area (Å²) in [5.41, 5.74) is 1.06. The molecule has 3 rings (SSSR count). The summed E-state index contributed by atoms with van der Waals surface area (Å²) in [5, 5.41) is 2.88. The average molecular weight is 500 g/mol. The zero-order valence-corrected chi connectivity index (χ0v) is 20.5. The van der Waals surface area contributed by atoms with Gasteiger partial charge in [-0.05, 0) is 42.8 Å². The second-order valence-electron chi connectivity index (χ2n) is 7.60. The van der Waals surface area contributed by atoms with E-state index in [1.807, 2.05) is 30.3 Å². The first kappa shape index (κ1) is 25.3. The maximum absolute atomic E-state index is 13.6. The largest absolute Gasteiger partial charge is 0.357 e. The average Bonchev–Trinajstić information content (AvgIpc) is 2.85. The molecule has 178 valence electrons. The summed E-state index contributed by atoms with van der Waals surface area (Å²) in [5.74, 6) is -0.885. The second-order valence-corrected chi connectivity index (χ2v) is 9.90. The summed E-state index contributed by atoms with van der Waals surface area (Å²) in [6.07, 6.45) is 0. The van der Waals surface area contributed by atoms with Crippen LogP contribution in [0.1, 0.15) is 12.5 Å². The summed E-state index contributed by atoms with van der Waals surface area (Å²) in [6, 6.07) is 22.5. The highest BCUT2D eigenvalue weighted by atomic mass is 35.5. The van der Waals surface area contributed by atoms with E-state index >= 15 is 0 Å². The van der Waals surface area contributed by atoms with Crippen molar-refractivity contribution < 1.29 is 18.0 Å². The van der Waals surface area contributed by atoms with E-state index in [2.05, 4.69) is 5.32 Å². The molecule has 0 unspecified atom stereocenters. The van der Waals surface area contributed by atoms with E-state index in [9.17, 15) is 18.0 Å². The van der Waals surface area contributed by atoms with Crippen LogP contribution < -0.4 is 9.62 Å². The Morgan fingerprint density at radius 1 is 0.941 bits per heavy atom. The number of nitrogens with zero attached hydrogens (tertiary/aromatic N) is 2. The first-order valence-corrected chi connectivity index (χ1v) is 12.4. The Labute approximate surface area is 205 Å². The van der Waals surface area contributed by atoms with Crippen LogP contribution in [0.25, 0.3) is 0 Å². The molecule has 0 spiro atoms. The Kier molecular flexibility index (Phi) is 8.31.